The summed E-state index contributed by atoms with van der Waals surface area (Å²) in [6.45, 7) is 2.96. The highest BCUT2D eigenvalue weighted by molar-refractivity contribution is 8.00. The minimum atomic E-state index is -2.98. The number of esters is 1. The summed E-state index contributed by atoms with van der Waals surface area (Å²) in [5.74, 6) is 1.77. The molecular formula is C29H47N3O6S2. The highest BCUT2D eigenvalue weighted by atomic mass is 32.2. The van der Waals surface area contributed by atoms with Gasteiger partial charge in [0, 0.05) is 30.7 Å². The first-order chi connectivity index (χ1) is 19.2. The second kappa shape index (κ2) is 13.3. The number of sulfone groups is 1. The van der Waals surface area contributed by atoms with Crippen LogP contribution in [0.1, 0.15) is 90.4 Å². The Morgan fingerprint density at radius 2 is 1.65 bits per heavy atom. The number of carbonyl (C=O) groups is 3. The van der Waals surface area contributed by atoms with E-state index in [1.165, 1.54) is 0 Å². The molecule has 2 saturated heterocycles. The van der Waals surface area contributed by atoms with E-state index >= 15 is 0 Å². The van der Waals surface area contributed by atoms with Crippen LogP contribution in [0.3, 0.4) is 0 Å². The highest BCUT2D eigenvalue weighted by Gasteiger charge is 2.43. The third-order valence-corrected chi connectivity index (χ3v) is 13.5. The van der Waals surface area contributed by atoms with E-state index in [9.17, 15) is 22.8 Å². The Bertz CT molecular complexity index is 1020. The lowest BCUT2D eigenvalue weighted by molar-refractivity contribution is -0.144. The molecule has 226 valence electrons. The predicted octanol–water partition coefficient (Wildman–Crippen LogP) is 3.02. The molecule has 2 N–H and O–H groups in total. The van der Waals surface area contributed by atoms with Gasteiger partial charge in [-0.15, -0.1) is 11.8 Å². The Morgan fingerprint density at radius 1 is 0.950 bits per heavy atom. The fourth-order valence-corrected chi connectivity index (χ4v) is 10.8. The van der Waals surface area contributed by atoms with Crippen LogP contribution in [-0.2, 0) is 29.0 Å². The van der Waals surface area contributed by atoms with Crippen molar-refractivity contribution in [1.82, 2.24) is 15.5 Å². The molecule has 0 aromatic carbocycles. The lowest BCUT2D eigenvalue weighted by Gasteiger charge is -2.35. The summed E-state index contributed by atoms with van der Waals surface area (Å²) in [5.41, 5.74) is 0. The average molecular weight is 598 g/mol. The molecule has 2 amide bonds. The van der Waals surface area contributed by atoms with Crippen molar-refractivity contribution in [1.29, 1.82) is 0 Å². The first-order valence-electron chi connectivity index (χ1n) is 15.6. The lowest BCUT2D eigenvalue weighted by Crippen LogP contribution is -2.50. The number of carbonyl (C=O) groups excluding carboxylic acids is 3. The summed E-state index contributed by atoms with van der Waals surface area (Å²) < 4.78 is 30.4. The van der Waals surface area contributed by atoms with Crippen molar-refractivity contribution >= 4 is 39.4 Å². The molecule has 5 aliphatic rings. The molecule has 5 fully saturated rings. The van der Waals surface area contributed by atoms with Crippen LogP contribution in [0, 0.1) is 17.8 Å². The van der Waals surface area contributed by atoms with Crippen molar-refractivity contribution in [2.45, 2.75) is 119 Å². The Hall–Kier alpha value is -1.33. The third-order valence-electron chi connectivity index (χ3n) is 9.69. The number of nitrogens with one attached hydrogen (secondary N) is 2. The molecule has 0 spiro atoms. The number of hydrogen-bond acceptors (Lipinski definition) is 8. The fraction of sp³-hybridized carbons (Fsp3) is 0.897. The summed E-state index contributed by atoms with van der Waals surface area (Å²) in [4.78, 5) is 40.5. The Balaban J connectivity index is 1.01. The van der Waals surface area contributed by atoms with Gasteiger partial charge in [0.1, 0.15) is 6.04 Å². The SMILES string of the molecule is CCOC(=O)C1CSC(C2CCCN2C(=O)C2CCC(NC(=O)CC3CCC(S(=O)(=O)CC4CC4)CC3)CC2)N1. The van der Waals surface area contributed by atoms with Crippen LogP contribution in [0.5, 0.6) is 0 Å². The maximum absolute atomic E-state index is 13.5. The van der Waals surface area contributed by atoms with Crippen LogP contribution in [-0.4, -0.2) is 84.5 Å². The minimum absolute atomic E-state index is 0.00567. The topological polar surface area (TPSA) is 122 Å². The smallest absolute Gasteiger partial charge is 0.324 e. The number of hydrogen-bond donors (Lipinski definition) is 2. The van der Waals surface area contributed by atoms with Gasteiger partial charge in [0.05, 0.1) is 29.0 Å². The molecule has 0 aromatic heterocycles. The van der Waals surface area contributed by atoms with Crippen LogP contribution >= 0.6 is 11.8 Å². The summed E-state index contributed by atoms with van der Waals surface area (Å²) in [7, 11) is -2.98. The van der Waals surface area contributed by atoms with Crippen molar-refractivity contribution in [3.63, 3.8) is 0 Å². The van der Waals surface area contributed by atoms with E-state index in [0.717, 1.165) is 70.8 Å². The molecule has 3 unspecified atom stereocenters. The molecule has 3 aliphatic carbocycles. The highest BCUT2D eigenvalue weighted by Crippen LogP contribution is 2.37. The Kier molecular flexibility index (Phi) is 10.0. The van der Waals surface area contributed by atoms with Crippen LogP contribution in [0.25, 0.3) is 0 Å². The number of nitrogens with zero attached hydrogens (tertiary/aromatic N) is 1. The minimum Gasteiger partial charge on any atom is -0.465 e. The normalized spacial score (nSPS) is 34.9. The van der Waals surface area contributed by atoms with Gasteiger partial charge in [-0.25, -0.2) is 8.42 Å². The van der Waals surface area contributed by atoms with Crippen molar-refractivity contribution in [3.05, 3.63) is 0 Å². The average Bonchev–Trinajstić information content (AvgIpc) is 3.38. The van der Waals surface area contributed by atoms with E-state index < -0.39 is 9.84 Å². The predicted molar refractivity (Wildman–Crippen MR) is 155 cm³/mol. The molecule has 11 heteroatoms. The number of amides is 2. The molecule has 3 atom stereocenters. The molecule has 0 radical (unpaired) electrons. The Labute approximate surface area is 243 Å². The van der Waals surface area contributed by atoms with Gasteiger partial charge in [0.25, 0.3) is 0 Å². The van der Waals surface area contributed by atoms with Gasteiger partial charge in [-0.1, -0.05) is 0 Å². The van der Waals surface area contributed by atoms with Gasteiger partial charge in [0.15, 0.2) is 9.84 Å². The second-order valence-corrected chi connectivity index (χ2v) is 16.2. The number of ether oxygens (including phenoxy) is 1. The lowest BCUT2D eigenvalue weighted by atomic mass is 9.84. The third kappa shape index (κ3) is 7.54. The van der Waals surface area contributed by atoms with Gasteiger partial charge in [-0.05, 0) is 95.8 Å². The van der Waals surface area contributed by atoms with Gasteiger partial charge in [-0.2, -0.15) is 0 Å². The van der Waals surface area contributed by atoms with Crippen molar-refractivity contribution < 1.29 is 27.5 Å². The van der Waals surface area contributed by atoms with E-state index in [0.29, 0.717) is 43.3 Å². The number of thioether (sulfide) groups is 1. The standard InChI is InChI=1S/C29H47N3O6S2/c1-2-38-29(35)24-17-39-27(31-24)25-4-3-15-32(25)28(34)21-9-11-22(12-10-21)30-26(33)16-19-7-13-23(14-8-19)40(36,37)18-20-5-6-20/h19-25,27,31H,2-18H2,1H3,(H,30,33). The largest absolute Gasteiger partial charge is 0.465 e. The number of rotatable bonds is 10. The van der Waals surface area contributed by atoms with Gasteiger partial charge >= 0.3 is 5.97 Å². The molecule has 9 nitrogen and oxygen atoms in total. The first kappa shape index (κ1) is 30.1. The van der Waals surface area contributed by atoms with E-state index in [1.807, 2.05) is 11.8 Å². The molecule has 0 bridgehead atoms. The summed E-state index contributed by atoms with van der Waals surface area (Å²) in [5, 5.41) is 6.46. The molecular weight excluding hydrogens is 550 g/mol. The fourth-order valence-electron chi connectivity index (χ4n) is 7.19. The van der Waals surface area contributed by atoms with E-state index in [1.54, 1.807) is 11.8 Å². The first-order valence-corrected chi connectivity index (χ1v) is 18.4. The monoisotopic (exact) mass is 597 g/mol. The van der Waals surface area contributed by atoms with Crippen molar-refractivity contribution in [3.8, 4) is 0 Å². The molecule has 0 aromatic rings. The van der Waals surface area contributed by atoms with Gasteiger partial charge < -0.3 is 15.0 Å². The quantitative estimate of drug-likeness (QED) is 0.369. The molecule has 2 aliphatic heterocycles. The van der Waals surface area contributed by atoms with E-state index in [-0.39, 0.29) is 58.4 Å². The summed E-state index contributed by atoms with van der Waals surface area (Å²) in [6.07, 6.45) is 10.7. The van der Waals surface area contributed by atoms with Crippen LogP contribution in [0.4, 0.5) is 0 Å². The molecule has 3 saturated carbocycles. The van der Waals surface area contributed by atoms with Crippen molar-refractivity contribution in [2.24, 2.45) is 17.8 Å². The van der Waals surface area contributed by atoms with Crippen LogP contribution in [0.15, 0.2) is 0 Å². The zero-order valence-electron chi connectivity index (χ0n) is 23.9. The number of likely N-dealkylation sites (tertiary alicyclic amines) is 1. The second-order valence-electron chi connectivity index (χ2n) is 12.7. The zero-order valence-corrected chi connectivity index (χ0v) is 25.5. The maximum atomic E-state index is 13.5. The van der Waals surface area contributed by atoms with Crippen LogP contribution in [0.2, 0.25) is 0 Å². The zero-order chi connectivity index (χ0) is 28.3. The maximum Gasteiger partial charge on any atom is 0.324 e. The Morgan fingerprint density at radius 3 is 2.33 bits per heavy atom. The van der Waals surface area contributed by atoms with Gasteiger partial charge in [0.2, 0.25) is 11.8 Å². The van der Waals surface area contributed by atoms with Gasteiger partial charge in [-0.3, -0.25) is 19.7 Å². The van der Waals surface area contributed by atoms with E-state index in [4.69, 9.17) is 4.74 Å². The van der Waals surface area contributed by atoms with E-state index in [2.05, 4.69) is 10.6 Å². The molecule has 40 heavy (non-hydrogen) atoms. The molecule has 5 rings (SSSR count). The summed E-state index contributed by atoms with van der Waals surface area (Å²) >= 11 is 1.71. The molecule has 2 heterocycles. The van der Waals surface area contributed by atoms with Crippen molar-refractivity contribution in [2.75, 3.05) is 24.7 Å². The van der Waals surface area contributed by atoms with Crippen LogP contribution < -0.4 is 10.6 Å². The summed E-state index contributed by atoms with van der Waals surface area (Å²) in [6, 6.07) is -0.0892.